The molecule has 0 aliphatic carbocycles. The summed E-state index contributed by atoms with van der Waals surface area (Å²) in [6, 6.07) is 28.5. The molecule has 12 heteroatoms. The summed E-state index contributed by atoms with van der Waals surface area (Å²) >= 11 is 0. The molecule has 0 unspecified atom stereocenters. The monoisotopic (exact) mass is 592 g/mol. The van der Waals surface area contributed by atoms with E-state index in [9.17, 15) is 26.4 Å². The SMILES string of the molecule is O=C(CCCC(=O)Nc1ccc(S(=O)(=O)Nc2ccccc2)cc1)Nc1ccc(S(=O)(=O)Nc2ccccc2)cc1. The summed E-state index contributed by atoms with van der Waals surface area (Å²) in [5, 5.41) is 5.37. The molecule has 4 aromatic carbocycles. The topological polar surface area (TPSA) is 151 Å². The molecule has 0 saturated carbocycles. The lowest BCUT2D eigenvalue weighted by Crippen LogP contribution is -2.16. The molecule has 0 aliphatic rings. The number of carbonyl (C=O) groups excluding carboxylic acids is 2. The highest BCUT2D eigenvalue weighted by Crippen LogP contribution is 2.20. The van der Waals surface area contributed by atoms with Crippen LogP contribution in [0.2, 0.25) is 0 Å². The molecule has 2 amide bonds. The van der Waals surface area contributed by atoms with Gasteiger partial charge in [-0.2, -0.15) is 0 Å². The first-order chi connectivity index (χ1) is 19.6. The van der Waals surface area contributed by atoms with Crippen LogP contribution in [0, 0.1) is 0 Å². The smallest absolute Gasteiger partial charge is 0.261 e. The molecule has 0 radical (unpaired) electrons. The second-order valence-electron chi connectivity index (χ2n) is 8.94. The summed E-state index contributed by atoms with van der Waals surface area (Å²) in [5.74, 6) is -0.646. The molecule has 0 fully saturated rings. The van der Waals surface area contributed by atoms with Gasteiger partial charge in [-0.1, -0.05) is 36.4 Å². The summed E-state index contributed by atoms with van der Waals surface area (Å²) in [4.78, 5) is 24.7. The second-order valence-corrected chi connectivity index (χ2v) is 12.3. The zero-order valence-electron chi connectivity index (χ0n) is 21.8. The summed E-state index contributed by atoms with van der Waals surface area (Å²) in [6.45, 7) is 0. The number of benzene rings is 4. The van der Waals surface area contributed by atoms with Gasteiger partial charge in [-0.15, -0.1) is 0 Å². The third-order valence-electron chi connectivity index (χ3n) is 5.76. The summed E-state index contributed by atoms with van der Waals surface area (Å²) in [7, 11) is -7.54. The fraction of sp³-hybridized carbons (Fsp3) is 0.103. The first kappa shape index (κ1) is 29.3. The van der Waals surface area contributed by atoms with Crippen LogP contribution < -0.4 is 20.1 Å². The second kappa shape index (κ2) is 13.1. The van der Waals surface area contributed by atoms with Crippen LogP contribution in [0.5, 0.6) is 0 Å². The largest absolute Gasteiger partial charge is 0.326 e. The van der Waals surface area contributed by atoms with Crippen molar-refractivity contribution in [2.24, 2.45) is 0 Å². The van der Waals surface area contributed by atoms with E-state index in [1.165, 1.54) is 48.5 Å². The van der Waals surface area contributed by atoms with Gasteiger partial charge in [-0.05, 0) is 79.2 Å². The minimum atomic E-state index is -3.77. The quantitative estimate of drug-likeness (QED) is 0.181. The number of sulfonamides is 2. The Bertz CT molecular complexity index is 1570. The summed E-state index contributed by atoms with van der Waals surface area (Å²) < 4.78 is 55.1. The van der Waals surface area contributed by atoms with Crippen LogP contribution in [0.25, 0.3) is 0 Å². The first-order valence-corrected chi connectivity index (χ1v) is 15.5. The zero-order chi connectivity index (χ0) is 29.3. The molecule has 0 heterocycles. The molecule has 4 N–H and O–H groups in total. The van der Waals surface area contributed by atoms with Crippen LogP contribution in [-0.4, -0.2) is 28.6 Å². The fourth-order valence-corrected chi connectivity index (χ4v) is 5.85. The van der Waals surface area contributed by atoms with Crippen molar-refractivity contribution in [3.05, 3.63) is 109 Å². The van der Waals surface area contributed by atoms with Crippen molar-refractivity contribution >= 4 is 54.6 Å². The van der Waals surface area contributed by atoms with E-state index >= 15 is 0 Å². The van der Waals surface area contributed by atoms with E-state index in [2.05, 4.69) is 20.1 Å². The molecule has 41 heavy (non-hydrogen) atoms. The standard InChI is InChI=1S/C29H28N4O6S2/c34-28(30-22-14-18-26(19-15-22)40(36,37)32-24-8-3-1-4-9-24)12-7-13-29(35)31-23-16-20-27(21-17-23)41(38,39)33-25-10-5-2-6-11-25/h1-6,8-11,14-21,32-33H,7,12-13H2,(H,30,34)(H,31,35). The van der Waals surface area contributed by atoms with Crippen molar-refractivity contribution in [2.75, 3.05) is 20.1 Å². The van der Waals surface area contributed by atoms with Gasteiger partial charge in [0.2, 0.25) is 11.8 Å². The molecular weight excluding hydrogens is 564 g/mol. The van der Waals surface area contributed by atoms with Crippen molar-refractivity contribution < 1.29 is 26.4 Å². The number of rotatable bonds is 12. The molecule has 0 bridgehead atoms. The van der Waals surface area contributed by atoms with E-state index in [-0.39, 0.29) is 40.9 Å². The van der Waals surface area contributed by atoms with Crippen LogP contribution in [0.1, 0.15) is 19.3 Å². The molecule has 0 aromatic heterocycles. The Kier molecular flexibility index (Phi) is 9.37. The Balaban J connectivity index is 1.21. The van der Waals surface area contributed by atoms with E-state index in [1.54, 1.807) is 60.7 Å². The average Bonchev–Trinajstić information content (AvgIpc) is 2.94. The molecule has 0 atom stereocenters. The molecule has 0 spiro atoms. The third-order valence-corrected chi connectivity index (χ3v) is 8.55. The number of hydrogen-bond acceptors (Lipinski definition) is 6. The van der Waals surface area contributed by atoms with E-state index < -0.39 is 20.0 Å². The lowest BCUT2D eigenvalue weighted by Gasteiger charge is -2.10. The van der Waals surface area contributed by atoms with Crippen LogP contribution in [-0.2, 0) is 29.6 Å². The van der Waals surface area contributed by atoms with Gasteiger partial charge in [-0.25, -0.2) is 16.8 Å². The van der Waals surface area contributed by atoms with E-state index in [0.29, 0.717) is 22.7 Å². The van der Waals surface area contributed by atoms with E-state index in [4.69, 9.17) is 0 Å². The van der Waals surface area contributed by atoms with Crippen molar-refractivity contribution in [3.63, 3.8) is 0 Å². The van der Waals surface area contributed by atoms with Gasteiger partial charge >= 0.3 is 0 Å². The minimum absolute atomic E-state index is 0.0501. The van der Waals surface area contributed by atoms with Crippen molar-refractivity contribution in [1.29, 1.82) is 0 Å². The van der Waals surface area contributed by atoms with Gasteiger partial charge in [0.05, 0.1) is 9.79 Å². The van der Waals surface area contributed by atoms with Crippen LogP contribution >= 0.6 is 0 Å². The van der Waals surface area contributed by atoms with Crippen molar-refractivity contribution in [3.8, 4) is 0 Å². The van der Waals surface area contributed by atoms with Crippen molar-refractivity contribution in [2.45, 2.75) is 29.1 Å². The molecule has 4 rings (SSSR count). The number of nitrogens with one attached hydrogen (secondary N) is 4. The Morgan fingerprint density at radius 2 is 0.805 bits per heavy atom. The number of amides is 2. The molecule has 4 aromatic rings. The highest BCUT2D eigenvalue weighted by molar-refractivity contribution is 7.93. The normalized spacial score (nSPS) is 11.3. The van der Waals surface area contributed by atoms with Crippen molar-refractivity contribution in [1.82, 2.24) is 0 Å². The molecule has 212 valence electrons. The third kappa shape index (κ3) is 8.65. The maximum absolute atomic E-state index is 12.5. The Labute approximate surface area is 238 Å². The van der Waals surface area contributed by atoms with E-state index in [0.717, 1.165) is 0 Å². The maximum Gasteiger partial charge on any atom is 0.261 e. The summed E-state index contributed by atoms with van der Waals surface area (Å²) in [6.07, 6.45) is 0.426. The fourth-order valence-electron chi connectivity index (χ4n) is 3.73. The van der Waals surface area contributed by atoms with Gasteiger partial charge in [0.15, 0.2) is 0 Å². The average molecular weight is 593 g/mol. The Hall–Kier alpha value is -4.68. The van der Waals surface area contributed by atoms with Gasteiger partial charge in [-0.3, -0.25) is 19.0 Å². The molecule has 0 saturated heterocycles. The predicted octanol–water partition coefficient (Wildman–Crippen LogP) is 5.04. The number of para-hydroxylation sites is 2. The minimum Gasteiger partial charge on any atom is -0.326 e. The molecule has 10 nitrogen and oxygen atoms in total. The van der Waals surface area contributed by atoms with Gasteiger partial charge in [0.25, 0.3) is 20.0 Å². The van der Waals surface area contributed by atoms with E-state index in [1.807, 2.05) is 0 Å². The number of anilines is 4. The zero-order valence-corrected chi connectivity index (χ0v) is 23.4. The van der Waals surface area contributed by atoms with Crippen LogP contribution in [0.4, 0.5) is 22.7 Å². The number of hydrogen-bond donors (Lipinski definition) is 4. The highest BCUT2D eigenvalue weighted by atomic mass is 32.2. The maximum atomic E-state index is 12.5. The predicted molar refractivity (Wildman–Crippen MR) is 158 cm³/mol. The lowest BCUT2D eigenvalue weighted by molar-refractivity contribution is -0.117. The van der Waals surface area contributed by atoms with Gasteiger partial charge in [0.1, 0.15) is 0 Å². The van der Waals surface area contributed by atoms with Gasteiger partial charge < -0.3 is 10.6 Å². The molecular formula is C29H28N4O6S2. The lowest BCUT2D eigenvalue weighted by atomic mass is 10.2. The molecule has 0 aliphatic heterocycles. The first-order valence-electron chi connectivity index (χ1n) is 12.6. The Morgan fingerprint density at radius 1 is 0.463 bits per heavy atom. The van der Waals surface area contributed by atoms with Crippen LogP contribution in [0.3, 0.4) is 0 Å². The van der Waals surface area contributed by atoms with Gasteiger partial charge in [0, 0.05) is 35.6 Å². The number of carbonyl (C=O) groups is 2. The van der Waals surface area contributed by atoms with Crippen LogP contribution in [0.15, 0.2) is 119 Å². The highest BCUT2D eigenvalue weighted by Gasteiger charge is 2.16. The Morgan fingerprint density at radius 3 is 1.15 bits per heavy atom. The summed E-state index contributed by atoms with van der Waals surface area (Å²) in [5.41, 5.74) is 1.73.